The van der Waals surface area contributed by atoms with Gasteiger partial charge in [0, 0.05) is 31.1 Å². The average molecular weight is 332 g/mol. The number of carbonyl (C=O) groups excluding carboxylic acids is 1. The molecule has 1 atom stereocenters. The summed E-state index contributed by atoms with van der Waals surface area (Å²) < 4.78 is 5.60. The molecule has 1 aromatic carbocycles. The Bertz CT molecular complexity index is 640. The molecule has 0 aliphatic heterocycles. The standard InChI is InChI=1S/C17H24N4O3/c1-12(2)21(11-13(3)22)17(23)18-10-9-15-19-20-16(24-15)14-7-5-4-6-8-14/h4-8,12-13,22H,9-11H2,1-3H3,(H,18,23). The summed E-state index contributed by atoms with van der Waals surface area (Å²) in [6.45, 7) is 6.16. The second kappa shape index (κ2) is 8.44. The van der Waals surface area contributed by atoms with Crippen molar-refractivity contribution in [2.75, 3.05) is 13.1 Å². The summed E-state index contributed by atoms with van der Waals surface area (Å²) in [5, 5.41) is 20.3. The van der Waals surface area contributed by atoms with Crippen LogP contribution in [0.15, 0.2) is 34.7 Å². The van der Waals surface area contributed by atoms with Gasteiger partial charge in [0.05, 0.1) is 6.10 Å². The summed E-state index contributed by atoms with van der Waals surface area (Å²) in [5.74, 6) is 0.940. The van der Waals surface area contributed by atoms with E-state index in [4.69, 9.17) is 4.42 Å². The van der Waals surface area contributed by atoms with Crippen LogP contribution >= 0.6 is 0 Å². The summed E-state index contributed by atoms with van der Waals surface area (Å²) in [6, 6.07) is 9.32. The Hall–Kier alpha value is -2.41. The van der Waals surface area contributed by atoms with Crippen molar-refractivity contribution in [3.05, 3.63) is 36.2 Å². The fraction of sp³-hybridized carbons (Fsp3) is 0.471. The zero-order valence-electron chi connectivity index (χ0n) is 14.3. The Morgan fingerprint density at radius 3 is 2.58 bits per heavy atom. The monoisotopic (exact) mass is 332 g/mol. The number of aliphatic hydroxyl groups excluding tert-OH is 1. The third-order valence-electron chi connectivity index (χ3n) is 3.45. The molecule has 0 spiro atoms. The van der Waals surface area contributed by atoms with E-state index in [1.54, 1.807) is 11.8 Å². The lowest BCUT2D eigenvalue weighted by molar-refractivity contribution is 0.119. The number of aliphatic hydroxyl groups is 1. The first-order valence-corrected chi connectivity index (χ1v) is 8.07. The van der Waals surface area contributed by atoms with Crippen LogP contribution in [0.3, 0.4) is 0 Å². The number of carbonyl (C=O) groups is 1. The lowest BCUT2D eigenvalue weighted by Gasteiger charge is -2.28. The van der Waals surface area contributed by atoms with Gasteiger partial charge in [-0.05, 0) is 32.9 Å². The third-order valence-corrected chi connectivity index (χ3v) is 3.45. The van der Waals surface area contributed by atoms with Crippen LogP contribution < -0.4 is 5.32 Å². The van der Waals surface area contributed by atoms with E-state index in [1.165, 1.54) is 0 Å². The molecule has 1 unspecified atom stereocenters. The Morgan fingerprint density at radius 1 is 1.25 bits per heavy atom. The van der Waals surface area contributed by atoms with Crippen LogP contribution in [0.5, 0.6) is 0 Å². The van der Waals surface area contributed by atoms with Crippen molar-refractivity contribution in [3.8, 4) is 11.5 Å². The second-order valence-electron chi connectivity index (χ2n) is 5.94. The molecule has 24 heavy (non-hydrogen) atoms. The molecule has 0 aliphatic carbocycles. The molecule has 2 rings (SSSR count). The highest BCUT2D eigenvalue weighted by Gasteiger charge is 2.18. The molecule has 0 bridgehead atoms. The lowest BCUT2D eigenvalue weighted by Crippen LogP contribution is -2.47. The molecule has 2 amide bonds. The number of aromatic nitrogens is 2. The van der Waals surface area contributed by atoms with Gasteiger partial charge in [0.15, 0.2) is 0 Å². The lowest BCUT2D eigenvalue weighted by atomic mass is 10.2. The van der Waals surface area contributed by atoms with Crippen LogP contribution in [0.2, 0.25) is 0 Å². The number of nitrogens with one attached hydrogen (secondary N) is 1. The van der Waals surface area contributed by atoms with Gasteiger partial charge in [-0.15, -0.1) is 10.2 Å². The van der Waals surface area contributed by atoms with Crippen molar-refractivity contribution in [1.29, 1.82) is 0 Å². The molecular formula is C17H24N4O3. The van der Waals surface area contributed by atoms with Gasteiger partial charge in [-0.3, -0.25) is 0 Å². The Kier molecular flexibility index (Phi) is 6.31. The van der Waals surface area contributed by atoms with Crippen LogP contribution in [0, 0.1) is 0 Å². The van der Waals surface area contributed by atoms with Crippen LogP contribution in [0.1, 0.15) is 26.7 Å². The van der Waals surface area contributed by atoms with Gasteiger partial charge < -0.3 is 19.7 Å². The van der Waals surface area contributed by atoms with Gasteiger partial charge in [-0.25, -0.2) is 4.79 Å². The van der Waals surface area contributed by atoms with E-state index in [1.807, 2.05) is 44.2 Å². The highest BCUT2D eigenvalue weighted by atomic mass is 16.4. The van der Waals surface area contributed by atoms with Crippen LogP contribution in [-0.2, 0) is 6.42 Å². The number of urea groups is 1. The van der Waals surface area contributed by atoms with Crippen LogP contribution in [0.25, 0.3) is 11.5 Å². The number of amides is 2. The van der Waals surface area contributed by atoms with Crippen molar-refractivity contribution < 1.29 is 14.3 Å². The second-order valence-corrected chi connectivity index (χ2v) is 5.94. The quantitative estimate of drug-likeness (QED) is 0.810. The van der Waals surface area contributed by atoms with Gasteiger partial charge in [-0.2, -0.15) is 0 Å². The average Bonchev–Trinajstić information content (AvgIpc) is 3.02. The predicted octanol–water partition coefficient (Wildman–Crippen LogP) is 2.08. The molecule has 0 saturated carbocycles. The Labute approximate surface area is 141 Å². The van der Waals surface area contributed by atoms with Crippen molar-refractivity contribution in [3.63, 3.8) is 0 Å². The largest absolute Gasteiger partial charge is 0.421 e. The molecule has 0 aliphatic rings. The van der Waals surface area contributed by atoms with Crippen molar-refractivity contribution in [2.45, 2.75) is 39.3 Å². The smallest absolute Gasteiger partial charge is 0.317 e. The molecule has 130 valence electrons. The van der Waals surface area contributed by atoms with Gasteiger partial charge in [0.1, 0.15) is 0 Å². The van der Waals surface area contributed by atoms with E-state index in [0.29, 0.717) is 31.3 Å². The van der Waals surface area contributed by atoms with E-state index in [9.17, 15) is 9.90 Å². The Morgan fingerprint density at radius 2 is 1.96 bits per heavy atom. The normalized spacial score (nSPS) is 12.2. The highest BCUT2D eigenvalue weighted by Crippen LogP contribution is 2.16. The van der Waals surface area contributed by atoms with Gasteiger partial charge in [-0.1, -0.05) is 18.2 Å². The van der Waals surface area contributed by atoms with Gasteiger partial charge in [0.2, 0.25) is 11.8 Å². The van der Waals surface area contributed by atoms with Crippen molar-refractivity contribution in [2.24, 2.45) is 0 Å². The molecular weight excluding hydrogens is 308 g/mol. The van der Waals surface area contributed by atoms with Gasteiger partial charge >= 0.3 is 6.03 Å². The molecule has 0 radical (unpaired) electrons. The van der Waals surface area contributed by atoms with E-state index >= 15 is 0 Å². The minimum atomic E-state index is -0.567. The summed E-state index contributed by atoms with van der Waals surface area (Å²) >= 11 is 0. The minimum absolute atomic E-state index is 0.00712. The maximum atomic E-state index is 12.2. The van der Waals surface area contributed by atoms with E-state index in [2.05, 4.69) is 15.5 Å². The number of benzene rings is 1. The number of rotatable bonds is 7. The molecule has 0 fully saturated rings. The molecule has 7 heteroatoms. The molecule has 0 saturated heterocycles. The summed E-state index contributed by atoms with van der Waals surface area (Å²) in [7, 11) is 0. The van der Waals surface area contributed by atoms with E-state index in [-0.39, 0.29) is 12.1 Å². The maximum Gasteiger partial charge on any atom is 0.317 e. The zero-order valence-corrected chi connectivity index (χ0v) is 14.3. The summed E-state index contributed by atoms with van der Waals surface area (Å²) in [6.07, 6.45) is -0.117. The van der Waals surface area contributed by atoms with E-state index < -0.39 is 6.10 Å². The Balaban J connectivity index is 1.85. The topological polar surface area (TPSA) is 91.5 Å². The predicted molar refractivity (Wildman–Crippen MR) is 90.4 cm³/mol. The summed E-state index contributed by atoms with van der Waals surface area (Å²) in [5.41, 5.74) is 0.864. The van der Waals surface area contributed by atoms with Gasteiger partial charge in [0.25, 0.3) is 0 Å². The highest BCUT2D eigenvalue weighted by molar-refractivity contribution is 5.74. The number of hydrogen-bond acceptors (Lipinski definition) is 5. The molecule has 2 aromatic rings. The fourth-order valence-corrected chi connectivity index (χ4v) is 2.24. The molecule has 1 aromatic heterocycles. The zero-order chi connectivity index (χ0) is 17.5. The summed E-state index contributed by atoms with van der Waals surface area (Å²) in [4.78, 5) is 13.8. The number of hydrogen-bond donors (Lipinski definition) is 2. The first-order chi connectivity index (χ1) is 11.5. The third kappa shape index (κ3) is 5.06. The van der Waals surface area contributed by atoms with Crippen LogP contribution in [0.4, 0.5) is 4.79 Å². The molecule has 2 N–H and O–H groups in total. The first-order valence-electron chi connectivity index (χ1n) is 8.07. The first kappa shape index (κ1) is 17.9. The van der Waals surface area contributed by atoms with E-state index in [0.717, 1.165) is 5.56 Å². The van der Waals surface area contributed by atoms with Crippen molar-refractivity contribution >= 4 is 6.03 Å². The molecule has 7 nitrogen and oxygen atoms in total. The molecule has 1 heterocycles. The number of nitrogens with zero attached hydrogens (tertiary/aromatic N) is 3. The maximum absolute atomic E-state index is 12.2. The van der Waals surface area contributed by atoms with Crippen molar-refractivity contribution in [1.82, 2.24) is 20.4 Å². The minimum Gasteiger partial charge on any atom is -0.421 e. The fourth-order valence-electron chi connectivity index (χ4n) is 2.24. The SMILES string of the molecule is CC(O)CN(C(=O)NCCc1nnc(-c2ccccc2)o1)C(C)C. The van der Waals surface area contributed by atoms with Crippen LogP contribution in [-0.4, -0.2) is 51.5 Å².